The average Bonchev–Trinajstić information content (AvgIpc) is 3.03. The molecule has 2 N–H and O–H groups in total. The maximum absolute atomic E-state index is 13.0. The van der Waals surface area contributed by atoms with Crippen molar-refractivity contribution in [1.29, 1.82) is 0 Å². The molecule has 3 aromatic rings. The number of rotatable bonds is 5. The molecule has 8 heteroatoms. The van der Waals surface area contributed by atoms with Crippen molar-refractivity contribution < 1.29 is 18.7 Å². The van der Waals surface area contributed by atoms with Crippen LogP contribution in [-0.2, 0) is 16.2 Å². The van der Waals surface area contributed by atoms with Gasteiger partial charge in [-0.2, -0.15) is 0 Å². The number of hydrogen-bond acceptors (Lipinski definition) is 4. The van der Waals surface area contributed by atoms with Crippen molar-refractivity contribution in [2.24, 2.45) is 0 Å². The van der Waals surface area contributed by atoms with E-state index in [-0.39, 0.29) is 16.5 Å². The number of ether oxygens (including phenoxy) is 1. The molecular weight excluding hydrogens is 429 g/mol. The van der Waals surface area contributed by atoms with Crippen molar-refractivity contribution in [3.05, 3.63) is 88.5 Å². The van der Waals surface area contributed by atoms with Crippen LogP contribution in [-0.4, -0.2) is 21.5 Å². The lowest BCUT2D eigenvalue weighted by Gasteiger charge is -2.16. The second-order valence-corrected chi connectivity index (χ2v) is 7.77. The molecule has 1 aliphatic rings. The number of halogens is 1. The van der Waals surface area contributed by atoms with Gasteiger partial charge >= 0.3 is 0 Å². The van der Waals surface area contributed by atoms with E-state index in [9.17, 15) is 14.0 Å². The highest BCUT2D eigenvalue weighted by atomic mass is 32.1. The van der Waals surface area contributed by atoms with Crippen LogP contribution in [0, 0.1) is 19.7 Å². The molecule has 4 rings (SSSR count). The predicted octanol–water partition coefficient (Wildman–Crippen LogP) is 3.73. The van der Waals surface area contributed by atoms with Crippen LogP contribution >= 0.6 is 12.2 Å². The third kappa shape index (κ3) is 4.45. The maximum Gasteiger partial charge on any atom is 0.263 e. The number of carbonyl (C=O) groups excluding carboxylic acids is 2. The van der Waals surface area contributed by atoms with Crippen molar-refractivity contribution in [3.8, 4) is 11.4 Å². The number of nitrogens with zero attached hydrogens (tertiary/aromatic N) is 1. The van der Waals surface area contributed by atoms with Crippen molar-refractivity contribution in [2.45, 2.75) is 20.5 Å². The lowest BCUT2D eigenvalue weighted by Crippen LogP contribution is -2.51. The van der Waals surface area contributed by atoms with E-state index < -0.39 is 11.8 Å². The molecule has 1 saturated heterocycles. The molecule has 0 aliphatic carbocycles. The van der Waals surface area contributed by atoms with Crippen molar-refractivity contribution in [3.63, 3.8) is 0 Å². The van der Waals surface area contributed by atoms with Gasteiger partial charge in [0.2, 0.25) is 0 Å². The zero-order valence-corrected chi connectivity index (χ0v) is 18.3. The Balaban J connectivity index is 1.54. The van der Waals surface area contributed by atoms with Gasteiger partial charge in [0.15, 0.2) is 5.11 Å². The third-order valence-electron chi connectivity index (χ3n) is 5.13. The molecule has 2 aromatic carbocycles. The minimum absolute atomic E-state index is 0.00314. The molecule has 0 spiro atoms. The Bertz CT molecular complexity index is 1220. The predicted molar refractivity (Wildman–Crippen MR) is 123 cm³/mol. The third-order valence-corrected chi connectivity index (χ3v) is 5.33. The maximum atomic E-state index is 13.0. The Kier molecular flexibility index (Phi) is 5.87. The van der Waals surface area contributed by atoms with Gasteiger partial charge in [-0.1, -0.05) is 12.1 Å². The van der Waals surface area contributed by atoms with Gasteiger partial charge in [-0.25, -0.2) is 4.39 Å². The summed E-state index contributed by atoms with van der Waals surface area (Å²) in [7, 11) is 0. The SMILES string of the molecule is Cc1cc(C=C2C(=O)NC(=S)NC2=O)c(C)n1-c1ccc(OCc2ccc(F)cc2)cc1. The van der Waals surface area contributed by atoms with Gasteiger partial charge in [-0.05, 0) is 85.7 Å². The first-order valence-electron chi connectivity index (χ1n) is 9.87. The highest BCUT2D eigenvalue weighted by Crippen LogP contribution is 2.25. The molecule has 0 radical (unpaired) electrons. The molecule has 0 atom stereocenters. The zero-order valence-electron chi connectivity index (χ0n) is 17.4. The summed E-state index contributed by atoms with van der Waals surface area (Å²) in [4.78, 5) is 24.3. The average molecular weight is 450 g/mol. The quantitative estimate of drug-likeness (QED) is 0.354. The Hall–Kier alpha value is -3.78. The number of carbonyl (C=O) groups is 2. The molecule has 6 nitrogen and oxygen atoms in total. The Morgan fingerprint density at radius 2 is 1.62 bits per heavy atom. The molecule has 1 aromatic heterocycles. The lowest BCUT2D eigenvalue weighted by molar-refractivity contribution is -0.123. The van der Waals surface area contributed by atoms with Gasteiger partial charge in [-0.15, -0.1) is 0 Å². The first-order chi connectivity index (χ1) is 15.3. The second kappa shape index (κ2) is 8.76. The minimum Gasteiger partial charge on any atom is -0.489 e. The number of aromatic nitrogens is 1. The van der Waals surface area contributed by atoms with Crippen LogP contribution in [0.4, 0.5) is 4.39 Å². The van der Waals surface area contributed by atoms with Gasteiger partial charge in [0.1, 0.15) is 23.7 Å². The van der Waals surface area contributed by atoms with Crippen molar-refractivity contribution in [1.82, 2.24) is 15.2 Å². The smallest absolute Gasteiger partial charge is 0.263 e. The molecule has 2 heterocycles. The van der Waals surface area contributed by atoms with Crippen LogP contribution in [0.1, 0.15) is 22.5 Å². The van der Waals surface area contributed by atoms with Crippen LogP contribution in [0.5, 0.6) is 5.75 Å². The molecule has 0 bridgehead atoms. The number of hydrogen-bond donors (Lipinski definition) is 2. The molecule has 32 heavy (non-hydrogen) atoms. The van der Waals surface area contributed by atoms with Gasteiger partial charge in [-0.3, -0.25) is 20.2 Å². The number of thiocarbonyl (C=S) groups is 1. The first-order valence-corrected chi connectivity index (χ1v) is 10.3. The van der Waals surface area contributed by atoms with Crippen molar-refractivity contribution in [2.75, 3.05) is 0 Å². The topological polar surface area (TPSA) is 72.4 Å². The summed E-state index contributed by atoms with van der Waals surface area (Å²) in [6, 6.07) is 15.7. The fraction of sp³-hybridized carbons (Fsp3) is 0.125. The van der Waals surface area contributed by atoms with Crippen LogP contribution < -0.4 is 15.4 Å². The molecule has 0 saturated carbocycles. The fourth-order valence-electron chi connectivity index (χ4n) is 3.53. The van der Waals surface area contributed by atoms with E-state index in [1.807, 2.05) is 48.7 Å². The largest absolute Gasteiger partial charge is 0.489 e. The summed E-state index contributed by atoms with van der Waals surface area (Å²) < 4.78 is 20.8. The molecule has 1 fully saturated rings. The number of benzene rings is 2. The minimum atomic E-state index is -0.522. The summed E-state index contributed by atoms with van der Waals surface area (Å²) in [5.41, 5.74) is 4.38. The summed E-state index contributed by atoms with van der Waals surface area (Å²) in [5, 5.41) is 4.88. The van der Waals surface area contributed by atoms with E-state index in [4.69, 9.17) is 17.0 Å². The normalized spacial score (nSPS) is 13.6. The van der Waals surface area contributed by atoms with Crippen molar-refractivity contribution >= 4 is 35.2 Å². The molecular formula is C24H20FN3O3S. The fourth-order valence-corrected chi connectivity index (χ4v) is 3.72. The van der Waals surface area contributed by atoms with E-state index in [0.29, 0.717) is 12.4 Å². The number of nitrogens with one attached hydrogen (secondary N) is 2. The summed E-state index contributed by atoms with van der Waals surface area (Å²) >= 11 is 4.83. The van der Waals surface area contributed by atoms with Gasteiger partial charge < -0.3 is 9.30 Å². The Labute approximate surface area is 189 Å². The van der Waals surface area contributed by atoms with E-state index in [1.54, 1.807) is 18.2 Å². The summed E-state index contributed by atoms with van der Waals surface area (Å²) in [6.45, 7) is 4.21. The number of aryl methyl sites for hydroxylation is 1. The van der Waals surface area contributed by atoms with Crippen LogP contribution in [0.2, 0.25) is 0 Å². The number of amides is 2. The molecule has 1 aliphatic heterocycles. The second-order valence-electron chi connectivity index (χ2n) is 7.37. The summed E-state index contributed by atoms with van der Waals surface area (Å²) in [5.74, 6) is -0.634. The molecule has 162 valence electrons. The molecule has 0 unspecified atom stereocenters. The highest BCUT2D eigenvalue weighted by molar-refractivity contribution is 7.80. The van der Waals surface area contributed by atoms with Crippen LogP contribution in [0.3, 0.4) is 0 Å². The Morgan fingerprint density at radius 3 is 2.25 bits per heavy atom. The monoisotopic (exact) mass is 449 g/mol. The Morgan fingerprint density at radius 1 is 1.00 bits per heavy atom. The zero-order chi connectivity index (χ0) is 22.8. The van der Waals surface area contributed by atoms with Gasteiger partial charge in [0.05, 0.1) is 0 Å². The lowest BCUT2D eigenvalue weighted by atomic mass is 10.1. The van der Waals surface area contributed by atoms with Gasteiger partial charge in [0.25, 0.3) is 11.8 Å². The van der Waals surface area contributed by atoms with Gasteiger partial charge in [0, 0.05) is 17.1 Å². The van der Waals surface area contributed by atoms with E-state index in [0.717, 1.165) is 28.2 Å². The van der Waals surface area contributed by atoms with E-state index in [1.165, 1.54) is 12.1 Å². The van der Waals surface area contributed by atoms with E-state index >= 15 is 0 Å². The van der Waals surface area contributed by atoms with Crippen LogP contribution in [0.25, 0.3) is 11.8 Å². The summed E-state index contributed by atoms with van der Waals surface area (Å²) in [6.07, 6.45) is 1.56. The van der Waals surface area contributed by atoms with Crippen LogP contribution in [0.15, 0.2) is 60.2 Å². The van der Waals surface area contributed by atoms with E-state index in [2.05, 4.69) is 10.6 Å². The molecule has 2 amide bonds. The first kappa shape index (κ1) is 21.5. The highest BCUT2D eigenvalue weighted by Gasteiger charge is 2.26. The standard InChI is InChI=1S/C24H20FN3O3S/c1-14-11-17(12-21-22(29)26-24(32)27-23(21)30)15(2)28(14)19-7-9-20(10-8-19)31-13-16-3-5-18(25)6-4-16/h3-12H,13H2,1-2H3,(H2,26,27,29,30,32).